The minimum atomic E-state index is -0.601. The number of hydrogen-bond acceptors (Lipinski definition) is 4. The number of rotatable bonds is 3. The highest BCUT2D eigenvalue weighted by molar-refractivity contribution is 5.76. The smallest absolute Gasteiger partial charge is 0.311 e. The van der Waals surface area contributed by atoms with Crippen LogP contribution in [0.25, 0.3) is 0 Å². The molecule has 1 atom stereocenters. The highest BCUT2D eigenvalue weighted by Crippen LogP contribution is 2.37. The van der Waals surface area contributed by atoms with Crippen molar-refractivity contribution < 1.29 is 13.9 Å². The van der Waals surface area contributed by atoms with Gasteiger partial charge in [0, 0.05) is 13.1 Å². The third-order valence-electron chi connectivity index (χ3n) is 4.57. The van der Waals surface area contributed by atoms with E-state index in [1.807, 2.05) is 24.8 Å². The van der Waals surface area contributed by atoms with Gasteiger partial charge in [-0.15, -0.1) is 0 Å². The SMILES string of the molecule is COC(=O)C(C)(C)C1CCCN(c2ccc(C#N)cc2F)C1. The van der Waals surface area contributed by atoms with Gasteiger partial charge in [-0.2, -0.15) is 5.26 Å². The van der Waals surface area contributed by atoms with Crippen LogP contribution in [0.3, 0.4) is 0 Å². The van der Waals surface area contributed by atoms with Gasteiger partial charge in [-0.25, -0.2) is 4.39 Å². The Morgan fingerprint density at radius 2 is 2.23 bits per heavy atom. The Labute approximate surface area is 130 Å². The van der Waals surface area contributed by atoms with E-state index in [9.17, 15) is 9.18 Å². The van der Waals surface area contributed by atoms with Crippen molar-refractivity contribution in [1.82, 2.24) is 0 Å². The zero-order valence-electron chi connectivity index (χ0n) is 13.2. The van der Waals surface area contributed by atoms with E-state index in [0.29, 0.717) is 17.8 Å². The Morgan fingerprint density at radius 3 is 2.82 bits per heavy atom. The van der Waals surface area contributed by atoms with E-state index < -0.39 is 11.2 Å². The number of benzene rings is 1. The van der Waals surface area contributed by atoms with E-state index in [-0.39, 0.29) is 11.9 Å². The molecule has 22 heavy (non-hydrogen) atoms. The van der Waals surface area contributed by atoms with Gasteiger partial charge in [0.1, 0.15) is 5.82 Å². The minimum absolute atomic E-state index is 0.101. The average molecular weight is 304 g/mol. The number of esters is 1. The van der Waals surface area contributed by atoms with Crippen molar-refractivity contribution in [3.63, 3.8) is 0 Å². The molecule has 0 radical (unpaired) electrons. The second-order valence-corrected chi connectivity index (χ2v) is 6.28. The molecule has 118 valence electrons. The summed E-state index contributed by atoms with van der Waals surface area (Å²) in [5.74, 6) is -0.529. The van der Waals surface area contributed by atoms with Crippen molar-refractivity contribution in [2.75, 3.05) is 25.1 Å². The molecule has 5 heteroatoms. The van der Waals surface area contributed by atoms with Crippen LogP contribution in [0.2, 0.25) is 0 Å². The fourth-order valence-corrected chi connectivity index (χ4v) is 3.05. The van der Waals surface area contributed by atoms with Crippen molar-refractivity contribution in [3.05, 3.63) is 29.6 Å². The fourth-order valence-electron chi connectivity index (χ4n) is 3.05. The largest absolute Gasteiger partial charge is 0.469 e. The summed E-state index contributed by atoms with van der Waals surface area (Å²) in [6.45, 7) is 5.10. The second-order valence-electron chi connectivity index (χ2n) is 6.28. The molecule has 2 rings (SSSR count). The Bertz CT molecular complexity index is 607. The van der Waals surface area contributed by atoms with Crippen LogP contribution in [0.1, 0.15) is 32.3 Å². The average Bonchev–Trinajstić information content (AvgIpc) is 2.53. The van der Waals surface area contributed by atoms with Crippen molar-refractivity contribution >= 4 is 11.7 Å². The predicted molar refractivity (Wildman–Crippen MR) is 81.8 cm³/mol. The third-order valence-corrected chi connectivity index (χ3v) is 4.57. The predicted octanol–water partition coefficient (Wildman–Crippen LogP) is 3.11. The number of carbonyl (C=O) groups is 1. The van der Waals surface area contributed by atoms with Gasteiger partial charge in [0.2, 0.25) is 0 Å². The van der Waals surface area contributed by atoms with Crippen LogP contribution in [0.4, 0.5) is 10.1 Å². The van der Waals surface area contributed by atoms with Crippen LogP contribution >= 0.6 is 0 Å². The standard InChI is InChI=1S/C17H21FN2O2/c1-17(2,16(21)22-3)13-5-4-8-20(11-13)15-7-6-12(10-19)9-14(15)18/h6-7,9,13H,4-5,8,11H2,1-3H3. The Hall–Kier alpha value is -2.09. The summed E-state index contributed by atoms with van der Waals surface area (Å²) in [5, 5.41) is 8.82. The van der Waals surface area contributed by atoms with E-state index in [2.05, 4.69) is 0 Å². The Kier molecular flexibility index (Phi) is 4.70. The van der Waals surface area contributed by atoms with Gasteiger partial charge >= 0.3 is 5.97 Å². The molecule has 1 fully saturated rings. The van der Waals surface area contributed by atoms with Crippen molar-refractivity contribution in [2.24, 2.45) is 11.3 Å². The maximum absolute atomic E-state index is 14.2. The number of nitriles is 1. The normalized spacial score (nSPS) is 18.7. The molecule has 0 aromatic heterocycles. The molecular weight excluding hydrogens is 283 g/mol. The number of piperidine rings is 1. The summed E-state index contributed by atoms with van der Waals surface area (Å²) in [6, 6.07) is 6.45. The number of carbonyl (C=O) groups excluding carboxylic acids is 1. The molecule has 4 nitrogen and oxygen atoms in total. The van der Waals surface area contributed by atoms with E-state index >= 15 is 0 Å². The molecule has 0 spiro atoms. The number of hydrogen-bond donors (Lipinski definition) is 0. The van der Waals surface area contributed by atoms with Crippen molar-refractivity contribution in [1.29, 1.82) is 5.26 Å². The highest BCUT2D eigenvalue weighted by atomic mass is 19.1. The monoisotopic (exact) mass is 304 g/mol. The fraction of sp³-hybridized carbons (Fsp3) is 0.529. The van der Waals surface area contributed by atoms with Crippen molar-refractivity contribution in [3.8, 4) is 6.07 Å². The summed E-state index contributed by atoms with van der Waals surface area (Å²) in [7, 11) is 1.39. The molecule has 0 bridgehead atoms. The molecule has 1 saturated heterocycles. The lowest BCUT2D eigenvalue weighted by Gasteiger charge is -2.40. The van der Waals surface area contributed by atoms with E-state index in [4.69, 9.17) is 10.00 Å². The Balaban J connectivity index is 2.21. The summed E-state index contributed by atoms with van der Waals surface area (Å²) < 4.78 is 19.1. The van der Waals surface area contributed by atoms with Crippen LogP contribution in [0.5, 0.6) is 0 Å². The van der Waals surface area contributed by atoms with Gasteiger partial charge in [-0.05, 0) is 50.8 Å². The molecule has 0 N–H and O–H groups in total. The van der Waals surface area contributed by atoms with E-state index in [1.54, 1.807) is 12.1 Å². The molecular formula is C17H21FN2O2. The first kappa shape index (κ1) is 16.3. The number of methoxy groups -OCH3 is 1. The summed E-state index contributed by atoms with van der Waals surface area (Å²) in [4.78, 5) is 13.9. The molecule has 1 aromatic rings. The lowest BCUT2D eigenvalue weighted by atomic mass is 9.74. The maximum atomic E-state index is 14.2. The van der Waals surface area contributed by atoms with Crippen LogP contribution in [0.15, 0.2) is 18.2 Å². The molecule has 1 aliphatic rings. The topological polar surface area (TPSA) is 53.3 Å². The number of nitrogens with zero attached hydrogens (tertiary/aromatic N) is 2. The molecule has 0 amide bonds. The van der Waals surface area contributed by atoms with Gasteiger partial charge in [-0.1, -0.05) is 0 Å². The van der Waals surface area contributed by atoms with E-state index in [1.165, 1.54) is 13.2 Å². The molecule has 1 unspecified atom stereocenters. The molecule has 1 heterocycles. The first-order chi connectivity index (χ1) is 10.4. The lowest BCUT2D eigenvalue weighted by molar-refractivity contribution is -0.154. The zero-order valence-corrected chi connectivity index (χ0v) is 13.2. The van der Waals surface area contributed by atoms with Crippen LogP contribution in [-0.4, -0.2) is 26.2 Å². The summed E-state index contributed by atoms with van der Waals surface area (Å²) >= 11 is 0. The third kappa shape index (κ3) is 3.06. The van der Waals surface area contributed by atoms with Gasteiger partial charge < -0.3 is 9.64 Å². The Morgan fingerprint density at radius 1 is 1.50 bits per heavy atom. The van der Waals surface area contributed by atoms with Crippen LogP contribution in [-0.2, 0) is 9.53 Å². The molecule has 1 aliphatic heterocycles. The summed E-state index contributed by atoms with van der Waals surface area (Å²) in [5.41, 5.74) is 0.199. The van der Waals surface area contributed by atoms with Crippen molar-refractivity contribution in [2.45, 2.75) is 26.7 Å². The minimum Gasteiger partial charge on any atom is -0.469 e. The zero-order chi connectivity index (χ0) is 16.3. The van der Waals surface area contributed by atoms with Gasteiger partial charge in [0.25, 0.3) is 0 Å². The van der Waals surface area contributed by atoms with Gasteiger partial charge in [0.15, 0.2) is 0 Å². The van der Waals surface area contributed by atoms with E-state index in [0.717, 1.165) is 19.4 Å². The number of anilines is 1. The second kappa shape index (κ2) is 6.35. The van der Waals surface area contributed by atoms with Crippen LogP contribution in [0, 0.1) is 28.5 Å². The lowest BCUT2D eigenvalue weighted by Crippen LogP contribution is -2.45. The summed E-state index contributed by atoms with van der Waals surface area (Å²) in [6.07, 6.45) is 1.81. The quantitative estimate of drug-likeness (QED) is 0.805. The van der Waals surface area contributed by atoms with Gasteiger partial charge in [-0.3, -0.25) is 4.79 Å². The van der Waals surface area contributed by atoms with Gasteiger partial charge in [0.05, 0.1) is 29.8 Å². The molecule has 0 saturated carbocycles. The first-order valence-corrected chi connectivity index (χ1v) is 7.43. The maximum Gasteiger partial charge on any atom is 0.311 e. The van der Waals surface area contributed by atoms with Crippen LogP contribution < -0.4 is 4.90 Å². The first-order valence-electron chi connectivity index (χ1n) is 7.43. The molecule has 0 aliphatic carbocycles. The number of halogens is 1. The number of ether oxygens (including phenoxy) is 1. The molecule has 1 aromatic carbocycles. The highest BCUT2D eigenvalue weighted by Gasteiger charge is 2.40.